The summed E-state index contributed by atoms with van der Waals surface area (Å²) in [6, 6.07) is 1.94. The van der Waals surface area contributed by atoms with E-state index in [1.165, 1.54) is 0 Å². The number of nitrogen functional groups attached to an aromatic ring is 1. The largest absolute Gasteiger partial charge is 0.397 e. The molecule has 3 heteroatoms. The molecule has 0 aromatic carbocycles. The molecule has 0 fully saturated rings. The second-order valence-corrected chi connectivity index (χ2v) is 2.93. The number of anilines is 2. The molecule has 3 nitrogen and oxygen atoms in total. The molecule has 0 spiro atoms. The van der Waals surface area contributed by atoms with Crippen LogP contribution in [0.3, 0.4) is 0 Å². The molecule has 1 heterocycles. The lowest BCUT2D eigenvalue weighted by atomic mass is 10.2. The Morgan fingerprint density at radius 2 is 2.46 bits per heavy atom. The highest BCUT2D eigenvalue weighted by Gasteiger charge is 1.96. The number of pyridine rings is 1. The van der Waals surface area contributed by atoms with Crippen molar-refractivity contribution < 1.29 is 0 Å². The van der Waals surface area contributed by atoms with Gasteiger partial charge >= 0.3 is 0 Å². The van der Waals surface area contributed by atoms with Gasteiger partial charge in [-0.1, -0.05) is 6.08 Å². The minimum Gasteiger partial charge on any atom is -0.397 e. The van der Waals surface area contributed by atoms with Crippen molar-refractivity contribution in [2.45, 2.75) is 13.3 Å². The summed E-state index contributed by atoms with van der Waals surface area (Å²) in [6.45, 7) is 6.47. The molecule has 70 valence electrons. The second kappa shape index (κ2) is 4.50. The van der Waals surface area contributed by atoms with E-state index in [0.717, 1.165) is 30.0 Å². The maximum absolute atomic E-state index is 5.64. The molecule has 0 amide bonds. The first kappa shape index (κ1) is 9.58. The number of aryl methyl sites for hydroxylation is 1. The summed E-state index contributed by atoms with van der Waals surface area (Å²) < 4.78 is 0. The van der Waals surface area contributed by atoms with Crippen molar-refractivity contribution in [3.8, 4) is 0 Å². The summed E-state index contributed by atoms with van der Waals surface area (Å²) in [4.78, 5) is 4.14. The predicted molar refractivity (Wildman–Crippen MR) is 56.7 cm³/mol. The fraction of sp³-hybridized carbons (Fsp3) is 0.300. The van der Waals surface area contributed by atoms with Gasteiger partial charge < -0.3 is 11.1 Å². The third-order valence-electron chi connectivity index (χ3n) is 1.81. The monoisotopic (exact) mass is 177 g/mol. The Kier molecular flexibility index (Phi) is 3.31. The molecule has 0 radical (unpaired) electrons. The van der Waals surface area contributed by atoms with Gasteiger partial charge in [0.25, 0.3) is 0 Å². The van der Waals surface area contributed by atoms with E-state index in [9.17, 15) is 0 Å². The van der Waals surface area contributed by atoms with E-state index in [2.05, 4.69) is 16.9 Å². The van der Waals surface area contributed by atoms with E-state index in [-0.39, 0.29) is 0 Å². The third kappa shape index (κ3) is 2.78. The molecule has 0 unspecified atom stereocenters. The number of nitrogens with two attached hydrogens (primary N) is 1. The van der Waals surface area contributed by atoms with Gasteiger partial charge in [0.2, 0.25) is 0 Å². The van der Waals surface area contributed by atoms with Crippen LogP contribution in [0.25, 0.3) is 0 Å². The fourth-order valence-electron chi connectivity index (χ4n) is 0.966. The molecule has 1 aromatic heterocycles. The molecule has 0 saturated carbocycles. The van der Waals surface area contributed by atoms with Crippen molar-refractivity contribution in [1.82, 2.24) is 4.98 Å². The van der Waals surface area contributed by atoms with Crippen LogP contribution >= 0.6 is 0 Å². The average molecular weight is 177 g/mol. The van der Waals surface area contributed by atoms with E-state index in [1.807, 2.05) is 19.1 Å². The topological polar surface area (TPSA) is 50.9 Å². The quantitative estimate of drug-likeness (QED) is 0.546. The van der Waals surface area contributed by atoms with E-state index < -0.39 is 0 Å². The summed E-state index contributed by atoms with van der Waals surface area (Å²) >= 11 is 0. The van der Waals surface area contributed by atoms with Crippen LogP contribution in [0.15, 0.2) is 24.9 Å². The first-order valence-corrected chi connectivity index (χ1v) is 4.31. The normalized spacial score (nSPS) is 9.62. The molecule has 1 rings (SSSR count). The van der Waals surface area contributed by atoms with Crippen molar-refractivity contribution in [1.29, 1.82) is 0 Å². The minimum absolute atomic E-state index is 0.731. The van der Waals surface area contributed by atoms with Gasteiger partial charge in [0.15, 0.2) is 0 Å². The minimum atomic E-state index is 0.731. The van der Waals surface area contributed by atoms with Gasteiger partial charge in [0, 0.05) is 6.54 Å². The molecule has 0 aliphatic heterocycles. The maximum Gasteiger partial charge on any atom is 0.126 e. The predicted octanol–water partition coefficient (Wildman–Crippen LogP) is 1.96. The van der Waals surface area contributed by atoms with Crippen LogP contribution in [0.2, 0.25) is 0 Å². The van der Waals surface area contributed by atoms with Crippen molar-refractivity contribution in [2.75, 3.05) is 17.6 Å². The van der Waals surface area contributed by atoms with Crippen LogP contribution in [0.1, 0.15) is 12.0 Å². The average Bonchev–Trinajstić information content (AvgIpc) is 2.12. The number of aromatic nitrogens is 1. The summed E-state index contributed by atoms with van der Waals surface area (Å²) in [5.74, 6) is 0.869. The summed E-state index contributed by atoms with van der Waals surface area (Å²) in [5, 5.41) is 3.18. The van der Waals surface area contributed by atoms with E-state index in [1.54, 1.807) is 6.20 Å². The number of hydrogen-bond acceptors (Lipinski definition) is 3. The molecule has 0 aliphatic rings. The first-order chi connectivity index (χ1) is 6.24. The molecule has 1 aromatic rings. The molecular formula is C10H15N3. The van der Waals surface area contributed by atoms with Crippen LogP contribution < -0.4 is 11.1 Å². The highest BCUT2D eigenvalue weighted by molar-refractivity contribution is 5.50. The number of hydrogen-bond donors (Lipinski definition) is 2. The van der Waals surface area contributed by atoms with E-state index in [4.69, 9.17) is 5.73 Å². The molecular weight excluding hydrogens is 162 g/mol. The Hall–Kier alpha value is -1.51. The Morgan fingerprint density at radius 1 is 1.69 bits per heavy atom. The summed E-state index contributed by atoms with van der Waals surface area (Å²) in [6.07, 6.45) is 4.48. The lowest BCUT2D eigenvalue weighted by Gasteiger charge is -2.05. The number of rotatable bonds is 4. The Bertz CT molecular complexity index is 294. The lowest BCUT2D eigenvalue weighted by Crippen LogP contribution is -2.03. The van der Waals surface area contributed by atoms with Crippen LogP contribution in [0.5, 0.6) is 0 Å². The van der Waals surface area contributed by atoms with Gasteiger partial charge in [-0.2, -0.15) is 0 Å². The van der Waals surface area contributed by atoms with Gasteiger partial charge in [-0.05, 0) is 25.0 Å². The number of nitrogens with zero attached hydrogens (tertiary/aromatic N) is 1. The van der Waals surface area contributed by atoms with Crippen molar-refractivity contribution in [3.05, 3.63) is 30.5 Å². The number of nitrogens with one attached hydrogen (secondary N) is 1. The van der Waals surface area contributed by atoms with E-state index >= 15 is 0 Å². The van der Waals surface area contributed by atoms with Gasteiger partial charge in [0.05, 0.1) is 11.9 Å². The Labute approximate surface area is 78.7 Å². The van der Waals surface area contributed by atoms with Crippen LogP contribution in [0, 0.1) is 6.92 Å². The molecule has 0 aliphatic carbocycles. The van der Waals surface area contributed by atoms with Crippen molar-refractivity contribution >= 4 is 11.5 Å². The van der Waals surface area contributed by atoms with Crippen LogP contribution in [-0.4, -0.2) is 11.5 Å². The van der Waals surface area contributed by atoms with E-state index in [0.29, 0.717) is 0 Å². The molecule has 3 N–H and O–H groups in total. The zero-order valence-electron chi connectivity index (χ0n) is 7.88. The maximum atomic E-state index is 5.64. The zero-order chi connectivity index (χ0) is 9.68. The zero-order valence-corrected chi connectivity index (χ0v) is 7.88. The fourth-order valence-corrected chi connectivity index (χ4v) is 0.966. The van der Waals surface area contributed by atoms with Crippen molar-refractivity contribution in [2.24, 2.45) is 0 Å². The van der Waals surface area contributed by atoms with Crippen LogP contribution in [-0.2, 0) is 0 Å². The Morgan fingerprint density at radius 3 is 3.08 bits per heavy atom. The highest BCUT2D eigenvalue weighted by Crippen LogP contribution is 2.12. The Balaban J connectivity index is 2.57. The smallest absolute Gasteiger partial charge is 0.126 e. The first-order valence-electron chi connectivity index (χ1n) is 4.31. The molecule has 0 atom stereocenters. The standard InChI is InChI=1S/C10H15N3/c1-3-4-5-12-10-6-8(2)9(11)7-13-10/h3,6-7H,1,4-5,11H2,2H3,(H,12,13). The summed E-state index contributed by atoms with van der Waals surface area (Å²) in [7, 11) is 0. The van der Waals surface area contributed by atoms with Crippen molar-refractivity contribution in [3.63, 3.8) is 0 Å². The second-order valence-electron chi connectivity index (χ2n) is 2.93. The van der Waals surface area contributed by atoms with Gasteiger partial charge in [0.1, 0.15) is 5.82 Å². The summed E-state index contributed by atoms with van der Waals surface area (Å²) in [5.41, 5.74) is 7.42. The molecule has 0 bridgehead atoms. The third-order valence-corrected chi connectivity index (χ3v) is 1.81. The van der Waals surface area contributed by atoms with Gasteiger partial charge in [-0.25, -0.2) is 4.98 Å². The van der Waals surface area contributed by atoms with Gasteiger partial charge in [-0.3, -0.25) is 0 Å². The van der Waals surface area contributed by atoms with Crippen LogP contribution in [0.4, 0.5) is 11.5 Å². The van der Waals surface area contributed by atoms with Gasteiger partial charge in [-0.15, -0.1) is 6.58 Å². The lowest BCUT2D eigenvalue weighted by molar-refractivity contribution is 1.05. The SMILES string of the molecule is C=CCCNc1cc(C)c(N)cn1. The highest BCUT2D eigenvalue weighted by atomic mass is 15.0. The molecule has 0 saturated heterocycles. The molecule has 13 heavy (non-hydrogen) atoms.